The first-order valence-electron chi connectivity index (χ1n) is 6.86. The Hall–Kier alpha value is -0.970. The van der Waals surface area contributed by atoms with Gasteiger partial charge < -0.3 is 19.5 Å². The lowest BCUT2D eigenvalue weighted by molar-refractivity contribution is 0.0230. The minimum absolute atomic E-state index is 0.185. The van der Waals surface area contributed by atoms with E-state index in [1.807, 2.05) is 26.0 Å². The SMILES string of the molecule is COC(C)(C)CNCc1cc(Cl)c2c(c1)OCCCO2. The molecule has 0 unspecified atom stereocenters. The molecule has 20 heavy (non-hydrogen) atoms. The van der Waals surface area contributed by atoms with Crippen LogP contribution in [0.4, 0.5) is 0 Å². The molecule has 0 spiro atoms. The van der Waals surface area contributed by atoms with Crippen LogP contribution in [0.15, 0.2) is 12.1 Å². The molecular weight excluding hydrogens is 278 g/mol. The predicted molar refractivity (Wildman–Crippen MR) is 79.9 cm³/mol. The molecule has 1 aromatic carbocycles. The molecule has 0 bridgehead atoms. The van der Waals surface area contributed by atoms with Gasteiger partial charge in [-0.1, -0.05) is 11.6 Å². The van der Waals surface area contributed by atoms with Crippen molar-refractivity contribution in [1.82, 2.24) is 5.32 Å². The van der Waals surface area contributed by atoms with Gasteiger partial charge in [0.05, 0.1) is 23.8 Å². The van der Waals surface area contributed by atoms with Gasteiger partial charge in [0.1, 0.15) is 0 Å². The van der Waals surface area contributed by atoms with Crippen molar-refractivity contribution < 1.29 is 14.2 Å². The van der Waals surface area contributed by atoms with Gasteiger partial charge in [0.15, 0.2) is 11.5 Å². The average Bonchev–Trinajstić information content (AvgIpc) is 2.64. The van der Waals surface area contributed by atoms with E-state index >= 15 is 0 Å². The van der Waals surface area contributed by atoms with Crippen molar-refractivity contribution >= 4 is 11.6 Å². The Labute approximate surface area is 125 Å². The van der Waals surface area contributed by atoms with E-state index in [1.54, 1.807) is 7.11 Å². The summed E-state index contributed by atoms with van der Waals surface area (Å²) in [6.07, 6.45) is 0.876. The third-order valence-electron chi connectivity index (χ3n) is 3.29. The molecule has 112 valence electrons. The number of ether oxygens (including phenoxy) is 3. The molecule has 0 fully saturated rings. The fourth-order valence-corrected chi connectivity index (χ4v) is 2.25. The number of hydrogen-bond acceptors (Lipinski definition) is 4. The van der Waals surface area contributed by atoms with E-state index in [4.69, 9.17) is 25.8 Å². The van der Waals surface area contributed by atoms with E-state index in [0.717, 1.165) is 24.3 Å². The maximum atomic E-state index is 6.26. The molecule has 1 aromatic rings. The van der Waals surface area contributed by atoms with Gasteiger partial charge in [-0.25, -0.2) is 0 Å². The van der Waals surface area contributed by atoms with Crippen LogP contribution in [0.2, 0.25) is 5.02 Å². The van der Waals surface area contributed by atoms with Crippen LogP contribution in [0.1, 0.15) is 25.8 Å². The summed E-state index contributed by atoms with van der Waals surface area (Å²) in [5.41, 5.74) is 0.890. The molecule has 0 aliphatic carbocycles. The zero-order chi connectivity index (χ0) is 14.6. The number of nitrogens with one attached hydrogen (secondary N) is 1. The monoisotopic (exact) mass is 299 g/mol. The van der Waals surface area contributed by atoms with Gasteiger partial charge in [0.2, 0.25) is 0 Å². The highest BCUT2D eigenvalue weighted by atomic mass is 35.5. The minimum Gasteiger partial charge on any atom is -0.489 e. The Morgan fingerprint density at radius 3 is 2.80 bits per heavy atom. The second-order valence-electron chi connectivity index (χ2n) is 5.52. The van der Waals surface area contributed by atoms with Gasteiger partial charge in [0.25, 0.3) is 0 Å². The highest BCUT2D eigenvalue weighted by molar-refractivity contribution is 6.32. The molecule has 1 heterocycles. The lowest BCUT2D eigenvalue weighted by Crippen LogP contribution is -2.36. The fourth-order valence-electron chi connectivity index (χ4n) is 1.97. The maximum absolute atomic E-state index is 6.26. The minimum atomic E-state index is -0.185. The van der Waals surface area contributed by atoms with E-state index < -0.39 is 0 Å². The Morgan fingerprint density at radius 2 is 2.05 bits per heavy atom. The molecule has 2 rings (SSSR count). The Morgan fingerprint density at radius 1 is 1.30 bits per heavy atom. The molecule has 1 aliphatic rings. The Balaban J connectivity index is 2.02. The van der Waals surface area contributed by atoms with Gasteiger partial charge in [-0.15, -0.1) is 0 Å². The van der Waals surface area contributed by atoms with Crippen LogP contribution in [0, 0.1) is 0 Å². The quantitative estimate of drug-likeness (QED) is 0.907. The molecule has 5 heteroatoms. The zero-order valence-corrected chi connectivity index (χ0v) is 13.0. The number of benzene rings is 1. The summed E-state index contributed by atoms with van der Waals surface area (Å²) < 4.78 is 16.7. The van der Waals surface area contributed by atoms with Gasteiger partial charge in [0, 0.05) is 26.6 Å². The van der Waals surface area contributed by atoms with E-state index in [1.165, 1.54) is 0 Å². The van der Waals surface area contributed by atoms with E-state index in [2.05, 4.69) is 5.32 Å². The second kappa shape index (κ2) is 6.66. The van der Waals surface area contributed by atoms with Gasteiger partial charge in [-0.05, 0) is 31.5 Å². The number of halogens is 1. The van der Waals surface area contributed by atoms with Crippen LogP contribution < -0.4 is 14.8 Å². The van der Waals surface area contributed by atoms with Gasteiger partial charge >= 0.3 is 0 Å². The normalized spacial score (nSPS) is 15.0. The number of rotatable bonds is 5. The summed E-state index contributed by atoms with van der Waals surface area (Å²) in [5.74, 6) is 1.39. The second-order valence-corrected chi connectivity index (χ2v) is 5.93. The highest BCUT2D eigenvalue weighted by Crippen LogP contribution is 2.37. The largest absolute Gasteiger partial charge is 0.489 e. The standard InChI is InChI=1S/C15H22ClNO3/c1-15(2,18-3)10-17-9-11-7-12(16)14-13(8-11)19-5-4-6-20-14/h7-8,17H,4-6,9-10H2,1-3H3. The maximum Gasteiger partial charge on any atom is 0.179 e. The molecule has 0 amide bonds. The highest BCUT2D eigenvalue weighted by Gasteiger charge is 2.17. The van der Waals surface area contributed by atoms with Crippen LogP contribution >= 0.6 is 11.6 Å². The van der Waals surface area contributed by atoms with Crippen LogP contribution in [0.25, 0.3) is 0 Å². The Bertz CT molecular complexity index is 463. The van der Waals surface area contributed by atoms with Crippen molar-refractivity contribution in [2.24, 2.45) is 0 Å². The van der Waals surface area contributed by atoms with Crippen LogP contribution in [0.5, 0.6) is 11.5 Å². The molecule has 1 N–H and O–H groups in total. The van der Waals surface area contributed by atoms with Crippen molar-refractivity contribution in [3.63, 3.8) is 0 Å². The predicted octanol–water partition coefficient (Wildman–Crippen LogP) is 3.02. The topological polar surface area (TPSA) is 39.7 Å². The summed E-state index contributed by atoms with van der Waals surface area (Å²) in [5, 5.41) is 3.97. The van der Waals surface area contributed by atoms with E-state index in [9.17, 15) is 0 Å². The number of fused-ring (bicyclic) bond motifs is 1. The summed E-state index contributed by atoms with van der Waals surface area (Å²) in [4.78, 5) is 0. The van der Waals surface area contributed by atoms with Crippen molar-refractivity contribution in [2.45, 2.75) is 32.4 Å². The molecule has 0 aromatic heterocycles. The first kappa shape index (κ1) is 15.4. The van der Waals surface area contributed by atoms with Crippen molar-refractivity contribution in [3.8, 4) is 11.5 Å². The lowest BCUT2D eigenvalue weighted by Gasteiger charge is -2.23. The number of hydrogen-bond donors (Lipinski definition) is 1. The third kappa shape index (κ3) is 4.01. The summed E-state index contributed by atoms with van der Waals surface area (Å²) in [6, 6.07) is 3.90. The lowest BCUT2D eigenvalue weighted by atomic mass is 10.1. The van der Waals surface area contributed by atoms with Gasteiger partial charge in [-0.2, -0.15) is 0 Å². The summed E-state index contributed by atoms with van der Waals surface area (Å²) in [6.45, 7) is 6.86. The zero-order valence-electron chi connectivity index (χ0n) is 12.3. The summed E-state index contributed by atoms with van der Waals surface area (Å²) >= 11 is 6.26. The smallest absolute Gasteiger partial charge is 0.179 e. The van der Waals surface area contributed by atoms with E-state index in [0.29, 0.717) is 30.5 Å². The molecule has 4 nitrogen and oxygen atoms in total. The molecule has 0 radical (unpaired) electrons. The molecular formula is C15H22ClNO3. The average molecular weight is 300 g/mol. The molecule has 0 atom stereocenters. The summed E-state index contributed by atoms with van der Waals surface area (Å²) in [7, 11) is 1.71. The van der Waals surface area contributed by atoms with Gasteiger partial charge in [-0.3, -0.25) is 0 Å². The fraction of sp³-hybridized carbons (Fsp3) is 0.600. The van der Waals surface area contributed by atoms with Crippen molar-refractivity contribution in [2.75, 3.05) is 26.9 Å². The molecule has 0 saturated heterocycles. The first-order valence-corrected chi connectivity index (χ1v) is 7.23. The van der Waals surface area contributed by atoms with Crippen LogP contribution in [0.3, 0.4) is 0 Å². The van der Waals surface area contributed by atoms with Crippen molar-refractivity contribution in [3.05, 3.63) is 22.7 Å². The van der Waals surface area contributed by atoms with Crippen LogP contribution in [-0.4, -0.2) is 32.5 Å². The molecule has 1 aliphatic heterocycles. The van der Waals surface area contributed by atoms with Crippen molar-refractivity contribution in [1.29, 1.82) is 0 Å². The third-order valence-corrected chi connectivity index (χ3v) is 3.58. The molecule has 0 saturated carbocycles. The van der Waals surface area contributed by atoms with Crippen LogP contribution in [-0.2, 0) is 11.3 Å². The first-order chi connectivity index (χ1) is 9.52. The Kier molecular flexibility index (Phi) is 5.13. The number of methoxy groups -OCH3 is 1. The van der Waals surface area contributed by atoms with E-state index in [-0.39, 0.29) is 5.60 Å².